The van der Waals surface area contributed by atoms with Gasteiger partial charge in [0.2, 0.25) is 0 Å². The number of nitrogens with zero attached hydrogens (tertiary/aromatic N) is 1. The molecule has 17 heavy (non-hydrogen) atoms. The lowest BCUT2D eigenvalue weighted by Crippen LogP contribution is -2.22. The summed E-state index contributed by atoms with van der Waals surface area (Å²) in [4.78, 5) is 18.0. The van der Waals surface area contributed by atoms with E-state index in [0.717, 1.165) is 17.0 Å². The molecule has 0 aliphatic heterocycles. The molecule has 0 spiro atoms. The minimum atomic E-state index is -0.0275. The van der Waals surface area contributed by atoms with Crippen molar-refractivity contribution >= 4 is 17.2 Å². The number of aromatic nitrogens is 1. The number of aryl methyl sites for hydroxylation is 1. The maximum atomic E-state index is 11.8. The summed E-state index contributed by atoms with van der Waals surface area (Å²) in [6.45, 7) is 2.56. The molecule has 0 radical (unpaired) electrons. The van der Waals surface area contributed by atoms with Crippen molar-refractivity contribution in [3.8, 4) is 0 Å². The molecule has 4 heteroatoms. The number of hydrogen-bond donors (Lipinski definition) is 1. The molecule has 3 nitrogen and oxygen atoms in total. The SMILES string of the molecule is CCc1ccc(C(=O)NCc2ccccn2)s1. The molecular weight excluding hydrogens is 232 g/mol. The van der Waals surface area contributed by atoms with E-state index in [2.05, 4.69) is 17.2 Å². The monoisotopic (exact) mass is 246 g/mol. The van der Waals surface area contributed by atoms with Crippen molar-refractivity contribution in [1.29, 1.82) is 0 Å². The van der Waals surface area contributed by atoms with E-state index in [1.54, 1.807) is 17.5 Å². The van der Waals surface area contributed by atoms with Crippen molar-refractivity contribution in [1.82, 2.24) is 10.3 Å². The van der Waals surface area contributed by atoms with Crippen LogP contribution in [0.25, 0.3) is 0 Å². The first-order valence-corrected chi connectivity index (χ1v) is 6.38. The lowest BCUT2D eigenvalue weighted by atomic mass is 10.3. The van der Waals surface area contributed by atoms with Gasteiger partial charge in [-0.15, -0.1) is 11.3 Å². The zero-order chi connectivity index (χ0) is 12.1. The zero-order valence-corrected chi connectivity index (χ0v) is 10.5. The Kier molecular flexibility index (Phi) is 3.88. The van der Waals surface area contributed by atoms with E-state index in [0.29, 0.717) is 6.54 Å². The van der Waals surface area contributed by atoms with Gasteiger partial charge in [-0.05, 0) is 30.7 Å². The molecule has 0 aliphatic carbocycles. The third-order valence-corrected chi connectivity index (χ3v) is 3.62. The molecule has 2 aromatic rings. The Morgan fingerprint density at radius 2 is 2.24 bits per heavy atom. The predicted molar refractivity (Wildman–Crippen MR) is 69.1 cm³/mol. The van der Waals surface area contributed by atoms with Crippen LogP contribution in [-0.4, -0.2) is 10.9 Å². The Morgan fingerprint density at radius 1 is 1.35 bits per heavy atom. The number of carbonyl (C=O) groups excluding carboxylic acids is 1. The number of pyridine rings is 1. The summed E-state index contributed by atoms with van der Waals surface area (Å²) in [6.07, 6.45) is 2.69. The second-order valence-corrected chi connectivity index (χ2v) is 4.79. The molecule has 88 valence electrons. The fourth-order valence-electron chi connectivity index (χ4n) is 1.45. The standard InChI is InChI=1S/C13H14N2OS/c1-2-11-6-7-12(17-11)13(16)15-9-10-5-3-4-8-14-10/h3-8H,2,9H2,1H3,(H,15,16). The van der Waals surface area contributed by atoms with Crippen LogP contribution in [0.2, 0.25) is 0 Å². The third-order valence-electron chi connectivity index (χ3n) is 2.39. The summed E-state index contributed by atoms with van der Waals surface area (Å²) in [6, 6.07) is 9.54. The van der Waals surface area contributed by atoms with Crippen molar-refractivity contribution in [3.63, 3.8) is 0 Å². The van der Waals surface area contributed by atoms with Crippen molar-refractivity contribution < 1.29 is 4.79 Å². The smallest absolute Gasteiger partial charge is 0.261 e. The van der Waals surface area contributed by atoms with Gasteiger partial charge in [0, 0.05) is 11.1 Å². The molecule has 0 aromatic carbocycles. The van der Waals surface area contributed by atoms with Crippen molar-refractivity contribution in [2.45, 2.75) is 19.9 Å². The topological polar surface area (TPSA) is 42.0 Å². The number of amides is 1. The van der Waals surface area contributed by atoms with E-state index in [1.807, 2.05) is 30.3 Å². The highest BCUT2D eigenvalue weighted by Crippen LogP contribution is 2.16. The largest absolute Gasteiger partial charge is 0.346 e. The predicted octanol–water partition coefficient (Wildman–Crippen LogP) is 2.64. The van der Waals surface area contributed by atoms with Crippen LogP contribution < -0.4 is 5.32 Å². The van der Waals surface area contributed by atoms with Gasteiger partial charge in [-0.25, -0.2) is 0 Å². The summed E-state index contributed by atoms with van der Waals surface area (Å²) in [5.74, 6) is -0.0275. The summed E-state index contributed by atoms with van der Waals surface area (Å²) in [7, 11) is 0. The quantitative estimate of drug-likeness (QED) is 0.901. The number of nitrogens with one attached hydrogen (secondary N) is 1. The Labute approximate surface area is 105 Å². The molecular formula is C13H14N2OS. The van der Waals surface area contributed by atoms with Crippen molar-refractivity contribution in [3.05, 3.63) is 52.0 Å². The number of thiophene rings is 1. The first-order valence-electron chi connectivity index (χ1n) is 5.56. The second-order valence-electron chi connectivity index (χ2n) is 3.62. The van der Waals surface area contributed by atoms with E-state index < -0.39 is 0 Å². The van der Waals surface area contributed by atoms with Crippen LogP contribution in [0.1, 0.15) is 27.2 Å². The summed E-state index contributed by atoms with van der Waals surface area (Å²) < 4.78 is 0. The lowest BCUT2D eigenvalue weighted by molar-refractivity contribution is 0.0954. The maximum Gasteiger partial charge on any atom is 0.261 e. The average Bonchev–Trinajstić information content (AvgIpc) is 2.86. The third kappa shape index (κ3) is 3.14. The van der Waals surface area contributed by atoms with E-state index in [1.165, 1.54) is 4.88 Å². The molecule has 2 heterocycles. The van der Waals surface area contributed by atoms with Gasteiger partial charge in [0.15, 0.2) is 0 Å². The zero-order valence-electron chi connectivity index (χ0n) is 9.64. The van der Waals surface area contributed by atoms with Crippen LogP contribution >= 0.6 is 11.3 Å². The number of hydrogen-bond acceptors (Lipinski definition) is 3. The van der Waals surface area contributed by atoms with E-state index in [9.17, 15) is 4.79 Å². The molecule has 0 saturated carbocycles. The molecule has 0 bridgehead atoms. The van der Waals surface area contributed by atoms with Gasteiger partial charge in [-0.3, -0.25) is 9.78 Å². The maximum absolute atomic E-state index is 11.8. The Morgan fingerprint density at radius 3 is 2.88 bits per heavy atom. The van der Waals surface area contributed by atoms with Crippen LogP contribution in [0.3, 0.4) is 0 Å². The van der Waals surface area contributed by atoms with Crippen LogP contribution in [-0.2, 0) is 13.0 Å². The minimum absolute atomic E-state index is 0.0275. The summed E-state index contributed by atoms with van der Waals surface area (Å²) in [5, 5.41) is 2.86. The van der Waals surface area contributed by atoms with E-state index in [4.69, 9.17) is 0 Å². The summed E-state index contributed by atoms with van der Waals surface area (Å²) >= 11 is 1.54. The fourth-order valence-corrected chi connectivity index (χ4v) is 2.31. The Hall–Kier alpha value is -1.68. The fraction of sp³-hybridized carbons (Fsp3) is 0.231. The van der Waals surface area contributed by atoms with Crippen LogP contribution in [0.15, 0.2) is 36.5 Å². The van der Waals surface area contributed by atoms with Gasteiger partial charge < -0.3 is 5.32 Å². The van der Waals surface area contributed by atoms with E-state index in [-0.39, 0.29) is 5.91 Å². The Bertz CT molecular complexity index is 493. The lowest BCUT2D eigenvalue weighted by Gasteiger charge is -2.02. The highest BCUT2D eigenvalue weighted by atomic mass is 32.1. The van der Waals surface area contributed by atoms with Gasteiger partial charge >= 0.3 is 0 Å². The van der Waals surface area contributed by atoms with Crippen LogP contribution in [0, 0.1) is 0 Å². The highest BCUT2D eigenvalue weighted by Gasteiger charge is 2.08. The minimum Gasteiger partial charge on any atom is -0.346 e. The molecule has 1 amide bonds. The van der Waals surface area contributed by atoms with Gasteiger partial charge in [-0.1, -0.05) is 13.0 Å². The highest BCUT2D eigenvalue weighted by molar-refractivity contribution is 7.14. The van der Waals surface area contributed by atoms with Crippen molar-refractivity contribution in [2.75, 3.05) is 0 Å². The van der Waals surface area contributed by atoms with Gasteiger partial charge in [0.1, 0.15) is 0 Å². The molecule has 1 N–H and O–H groups in total. The van der Waals surface area contributed by atoms with Crippen molar-refractivity contribution in [2.24, 2.45) is 0 Å². The second kappa shape index (κ2) is 5.59. The van der Waals surface area contributed by atoms with Gasteiger partial charge in [0.25, 0.3) is 5.91 Å². The molecule has 0 aliphatic rings. The average molecular weight is 246 g/mol. The molecule has 2 aromatic heterocycles. The molecule has 2 rings (SSSR count). The number of carbonyl (C=O) groups is 1. The normalized spacial score (nSPS) is 10.2. The van der Waals surface area contributed by atoms with Crippen LogP contribution in [0.4, 0.5) is 0 Å². The molecule has 0 atom stereocenters. The summed E-state index contributed by atoms with van der Waals surface area (Å²) in [5.41, 5.74) is 0.869. The van der Waals surface area contributed by atoms with E-state index >= 15 is 0 Å². The Balaban J connectivity index is 1.93. The number of rotatable bonds is 4. The molecule has 0 unspecified atom stereocenters. The first kappa shape index (κ1) is 11.8. The van der Waals surface area contributed by atoms with Crippen LogP contribution in [0.5, 0.6) is 0 Å². The molecule has 0 fully saturated rings. The van der Waals surface area contributed by atoms with Gasteiger partial charge in [-0.2, -0.15) is 0 Å². The first-order chi connectivity index (χ1) is 8.29. The molecule has 0 saturated heterocycles. The van der Waals surface area contributed by atoms with Gasteiger partial charge in [0.05, 0.1) is 17.1 Å².